The SMILES string of the molecule is CCC1CCN(S(=O)(=O)c2ccc(C(C)C)cc2)CC1. The van der Waals surface area contributed by atoms with Crippen LogP contribution in [0.5, 0.6) is 0 Å². The van der Waals surface area contributed by atoms with E-state index in [2.05, 4.69) is 20.8 Å². The van der Waals surface area contributed by atoms with Gasteiger partial charge in [0.15, 0.2) is 0 Å². The van der Waals surface area contributed by atoms with Gasteiger partial charge in [-0.3, -0.25) is 0 Å². The van der Waals surface area contributed by atoms with E-state index in [4.69, 9.17) is 0 Å². The van der Waals surface area contributed by atoms with Gasteiger partial charge < -0.3 is 0 Å². The molecule has 1 aromatic rings. The van der Waals surface area contributed by atoms with Crippen molar-refractivity contribution in [1.82, 2.24) is 4.31 Å². The maximum absolute atomic E-state index is 12.6. The minimum Gasteiger partial charge on any atom is -0.207 e. The van der Waals surface area contributed by atoms with Crippen LogP contribution in [0.2, 0.25) is 0 Å². The highest BCUT2D eigenvalue weighted by atomic mass is 32.2. The van der Waals surface area contributed by atoms with E-state index in [0.717, 1.165) is 19.3 Å². The quantitative estimate of drug-likeness (QED) is 0.850. The Bertz CT molecular complexity index is 526. The second-order valence-corrected chi connectivity index (χ2v) is 7.92. The summed E-state index contributed by atoms with van der Waals surface area (Å²) in [6, 6.07) is 7.35. The van der Waals surface area contributed by atoms with Gasteiger partial charge >= 0.3 is 0 Å². The standard InChI is InChI=1S/C16H25NO2S/c1-4-14-9-11-17(12-10-14)20(18,19)16-7-5-15(6-8-16)13(2)3/h5-8,13-14H,4,9-12H2,1-3H3. The van der Waals surface area contributed by atoms with Crippen molar-refractivity contribution in [3.63, 3.8) is 0 Å². The molecule has 1 fully saturated rings. The molecular weight excluding hydrogens is 270 g/mol. The van der Waals surface area contributed by atoms with Gasteiger partial charge in [0.05, 0.1) is 4.90 Å². The molecule has 1 heterocycles. The Morgan fingerprint density at radius 1 is 1.15 bits per heavy atom. The molecule has 0 aromatic heterocycles. The molecule has 0 bridgehead atoms. The van der Waals surface area contributed by atoms with Gasteiger partial charge in [0.2, 0.25) is 10.0 Å². The molecule has 0 atom stereocenters. The highest BCUT2D eigenvalue weighted by Crippen LogP contribution is 2.26. The second-order valence-electron chi connectivity index (χ2n) is 5.98. The summed E-state index contributed by atoms with van der Waals surface area (Å²) in [5, 5.41) is 0. The smallest absolute Gasteiger partial charge is 0.207 e. The van der Waals surface area contributed by atoms with Crippen LogP contribution in [-0.2, 0) is 10.0 Å². The fourth-order valence-corrected chi connectivity index (χ4v) is 4.20. The molecule has 1 aliphatic rings. The molecule has 1 saturated heterocycles. The minimum absolute atomic E-state index is 0.423. The first kappa shape index (κ1) is 15.5. The summed E-state index contributed by atoms with van der Waals surface area (Å²) in [7, 11) is -3.30. The molecule has 4 heteroatoms. The van der Waals surface area contributed by atoms with Gasteiger partial charge in [-0.1, -0.05) is 39.3 Å². The average Bonchev–Trinajstić information content (AvgIpc) is 2.47. The van der Waals surface area contributed by atoms with Crippen molar-refractivity contribution >= 4 is 10.0 Å². The van der Waals surface area contributed by atoms with Crippen molar-refractivity contribution in [1.29, 1.82) is 0 Å². The Morgan fingerprint density at radius 3 is 2.15 bits per heavy atom. The first-order chi connectivity index (χ1) is 9.45. The average molecular weight is 295 g/mol. The van der Waals surface area contributed by atoms with Gasteiger partial charge in [0.25, 0.3) is 0 Å². The Hall–Kier alpha value is -0.870. The van der Waals surface area contributed by atoms with E-state index in [1.807, 2.05) is 12.1 Å². The number of rotatable bonds is 4. The Balaban J connectivity index is 2.14. The summed E-state index contributed by atoms with van der Waals surface area (Å²) in [4.78, 5) is 0.428. The molecule has 20 heavy (non-hydrogen) atoms. The molecule has 0 unspecified atom stereocenters. The van der Waals surface area contributed by atoms with Crippen LogP contribution in [-0.4, -0.2) is 25.8 Å². The molecule has 0 amide bonds. The van der Waals surface area contributed by atoms with E-state index < -0.39 is 10.0 Å². The normalized spacial score (nSPS) is 18.6. The van der Waals surface area contributed by atoms with Crippen LogP contribution in [0.1, 0.15) is 51.5 Å². The number of nitrogens with zero attached hydrogens (tertiary/aromatic N) is 1. The van der Waals surface area contributed by atoms with E-state index in [9.17, 15) is 8.42 Å². The van der Waals surface area contributed by atoms with Gasteiger partial charge in [0, 0.05) is 13.1 Å². The summed E-state index contributed by atoms with van der Waals surface area (Å²) >= 11 is 0. The van der Waals surface area contributed by atoms with Crippen molar-refractivity contribution in [3.05, 3.63) is 29.8 Å². The zero-order valence-electron chi connectivity index (χ0n) is 12.7. The van der Waals surface area contributed by atoms with E-state index >= 15 is 0 Å². The summed E-state index contributed by atoms with van der Waals surface area (Å²) in [6.07, 6.45) is 3.12. The zero-order valence-corrected chi connectivity index (χ0v) is 13.5. The summed E-state index contributed by atoms with van der Waals surface area (Å²) in [5.41, 5.74) is 1.17. The van der Waals surface area contributed by atoms with Crippen LogP contribution in [0.4, 0.5) is 0 Å². The number of hydrogen-bond acceptors (Lipinski definition) is 2. The number of sulfonamides is 1. The first-order valence-corrected chi connectivity index (χ1v) is 8.99. The lowest BCUT2D eigenvalue weighted by molar-refractivity contribution is 0.269. The molecule has 1 aromatic carbocycles. The molecular formula is C16H25NO2S. The predicted octanol–water partition coefficient (Wildman–Crippen LogP) is 3.62. The van der Waals surface area contributed by atoms with Gasteiger partial charge in [-0.25, -0.2) is 8.42 Å². The molecule has 0 N–H and O–H groups in total. The van der Waals surface area contributed by atoms with Crippen molar-refractivity contribution in [2.75, 3.05) is 13.1 Å². The molecule has 0 aliphatic carbocycles. The van der Waals surface area contributed by atoms with Gasteiger partial charge in [0.1, 0.15) is 0 Å². The lowest BCUT2D eigenvalue weighted by Gasteiger charge is -2.30. The maximum atomic E-state index is 12.6. The fraction of sp³-hybridized carbons (Fsp3) is 0.625. The molecule has 3 nitrogen and oxygen atoms in total. The van der Waals surface area contributed by atoms with Crippen LogP contribution >= 0.6 is 0 Å². The highest BCUT2D eigenvalue weighted by Gasteiger charge is 2.28. The summed E-state index contributed by atoms with van der Waals surface area (Å²) in [6.45, 7) is 7.72. The highest BCUT2D eigenvalue weighted by molar-refractivity contribution is 7.89. The van der Waals surface area contributed by atoms with Gasteiger partial charge in [-0.15, -0.1) is 0 Å². The monoisotopic (exact) mass is 295 g/mol. The summed E-state index contributed by atoms with van der Waals surface area (Å²) < 4.78 is 26.8. The van der Waals surface area contributed by atoms with Crippen LogP contribution in [0, 0.1) is 5.92 Å². The topological polar surface area (TPSA) is 37.4 Å². The fourth-order valence-electron chi connectivity index (χ4n) is 2.73. The lowest BCUT2D eigenvalue weighted by Crippen LogP contribution is -2.38. The molecule has 0 spiro atoms. The third-order valence-electron chi connectivity index (χ3n) is 4.34. The Labute approximate surface area is 123 Å². The minimum atomic E-state index is -3.30. The third-order valence-corrected chi connectivity index (χ3v) is 6.25. The van der Waals surface area contributed by atoms with E-state index in [1.54, 1.807) is 16.4 Å². The number of piperidine rings is 1. The number of benzene rings is 1. The van der Waals surface area contributed by atoms with Crippen molar-refractivity contribution in [2.24, 2.45) is 5.92 Å². The van der Waals surface area contributed by atoms with E-state index in [-0.39, 0.29) is 0 Å². The molecule has 0 saturated carbocycles. The van der Waals surface area contributed by atoms with Gasteiger partial charge in [-0.05, 0) is 42.4 Å². The molecule has 1 aliphatic heterocycles. The van der Waals surface area contributed by atoms with Crippen LogP contribution in [0.15, 0.2) is 29.2 Å². The zero-order chi connectivity index (χ0) is 14.8. The van der Waals surface area contributed by atoms with Crippen LogP contribution < -0.4 is 0 Å². The predicted molar refractivity (Wildman–Crippen MR) is 82.3 cm³/mol. The number of hydrogen-bond donors (Lipinski definition) is 0. The third kappa shape index (κ3) is 3.23. The second kappa shape index (κ2) is 6.27. The lowest BCUT2D eigenvalue weighted by atomic mass is 9.96. The first-order valence-electron chi connectivity index (χ1n) is 7.55. The molecule has 112 valence electrons. The molecule has 0 radical (unpaired) electrons. The van der Waals surface area contributed by atoms with E-state index in [0.29, 0.717) is 29.8 Å². The van der Waals surface area contributed by atoms with Crippen molar-refractivity contribution in [2.45, 2.75) is 50.8 Å². The van der Waals surface area contributed by atoms with E-state index in [1.165, 1.54) is 5.56 Å². The maximum Gasteiger partial charge on any atom is 0.243 e. The van der Waals surface area contributed by atoms with Crippen LogP contribution in [0.25, 0.3) is 0 Å². The largest absolute Gasteiger partial charge is 0.243 e. The van der Waals surface area contributed by atoms with Crippen molar-refractivity contribution < 1.29 is 8.42 Å². The molecule has 2 rings (SSSR count). The Kier molecular flexibility index (Phi) is 4.86. The Morgan fingerprint density at radius 2 is 1.70 bits per heavy atom. The van der Waals surface area contributed by atoms with Crippen LogP contribution in [0.3, 0.4) is 0 Å². The van der Waals surface area contributed by atoms with Crippen molar-refractivity contribution in [3.8, 4) is 0 Å². The summed E-state index contributed by atoms with van der Waals surface area (Å²) in [5.74, 6) is 1.11. The van der Waals surface area contributed by atoms with Gasteiger partial charge in [-0.2, -0.15) is 4.31 Å².